The zero-order chi connectivity index (χ0) is 16.8. The summed E-state index contributed by atoms with van der Waals surface area (Å²) in [7, 11) is 0. The van der Waals surface area contributed by atoms with E-state index in [2.05, 4.69) is 56.7 Å². The summed E-state index contributed by atoms with van der Waals surface area (Å²) in [6.07, 6.45) is 4.08. The fourth-order valence-electron chi connectivity index (χ4n) is 1.50. The Morgan fingerprint density at radius 1 is 0.955 bits per heavy atom. The van der Waals surface area contributed by atoms with Gasteiger partial charge in [-0.2, -0.15) is 0 Å². The average Bonchev–Trinajstić information content (AvgIpc) is 2.58. The van der Waals surface area contributed by atoms with Crippen molar-refractivity contribution in [3.63, 3.8) is 0 Å². The molecule has 0 saturated heterocycles. The highest BCUT2D eigenvalue weighted by molar-refractivity contribution is 14.1. The molecular weight excluding hydrogens is 451 g/mol. The van der Waals surface area contributed by atoms with E-state index in [0.717, 1.165) is 13.8 Å². The molecule has 0 aliphatic rings. The summed E-state index contributed by atoms with van der Waals surface area (Å²) in [6.45, 7) is 8.56. The zero-order valence-electron chi connectivity index (χ0n) is 13.6. The Morgan fingerprint density at radius 2 is 1.59 bits per heavy atom. The summed E-state index contributed by atoms with van der Waals surface area (Å²) in [5.74, 6) is 0.899. The molecular formula is C19H24BrIO. The predicted octanol–water partition coefficient (Wildman–Crippen LogP) is 7.20. The Kier molecular flexibility index (Phi) is 13.3. The Morgan fingerprint density at radius 3 is 2.18 bits per heavy atom. The Bertz CT molecular complexity index is 518. The monoisotopic (exact) mass is 474 g/mol. The van der Waals surface area contributed by atoms with Crippen LogP contribution in [-0.2, 0) is 0 Å². The first-order chi connectivity index (χ1) is 10.8. The number of hydrogen-bond acceptors (Lipinski definition) is 1. The first kappa shape index (κ1) is 21.2. The highest BCUT2D eigenvalue weighted by Crippen LogP contribution is 2.29. The van der Waals surface area contributed by atoms with Crippen molar-refractivity contribution in [3.05, 3.63) is 68.2 Å². The van der Waals surface area contributed by atoms with Gasteiger partial charge in [0.1, 0.15) is 12.4 Å². The van der Waals surface area contributed by atoms with Crippen LogP contribution in [0.1, 0.15) is 33.3 Å². The first-order valence-corrected chi connectivity index (χ1v) is 9.43. The van der Waals surface area contributed by atoms with Gasteiger partial charge in [-0.15, -0.1) is 0 Å². The van der Waals surface area contributed by atoms with Crippen LogP contribution in [-0.4, -0.2) is 6.61 Å². The minimum Gasteiger partial charge on any atom is -0.487 e. The van der Waals surface area contributed by atoms with Crippen LogP contribution >= 0.6 is 38.5 Å². The molecule has 0 aliphatic heterocycles. The molecule has 0 amide bonds. The number of rotatable bonds is 4. The highest BCUT2D eigenvalue weighted by Gasteiger charge is 2.03. The molecule has 0 saturated carbocycles. The number of para-hydroxylation sites is 1. The molecule has 3 heteroatoms. The van der Waals surface area contributed by atoms with Crippen molar-refractivity contribution in [1.29, 1.82) is 0 Å². The van der Waals surface area contributed by atoms with Gasteiger partial charge >= 0.3 is 0 Å². The maximum Gasteiger partial charge on any atom is 0.147 e. The zero-order valence-corrected chi connectivity index (χ0v) is 17.4. The van der Waals surface area contributed by atoms with Gasteiger partial charge < -0.3 is 4.74 Å². The smallest absolute Gasteiger partial charge is 0.147 e. The second-order valence-corrected chi connectivity index (χ2v) is 5.69. The Labute approximate surface area is 157 Å². The van der Waals surface area contributed by atoms with Crippen molar-refractivity contribution in [3.8, 4) is 5.75 Å². The molecule has 1 nitrogen and oxygen atoms in total. The number of ether oxygens (including phenoxy) is 1. The molecule has 0 bridgehead atoms. The Balaban J connectivity index is 0.00000102. The van der Waals surface area contributed by atoms with Crippen molar-refractivity contribution in [2.24, 2.45) is 0 Å². The highest BCUT2D eigenvalue weighted by atomic mass is 127. The van der Waals surface area contributed by atoms with Gasteiger partial charge in [0.2, 0.25) is 0 Å². The van der Waals surface area contributed by atoms with E-state index in [1.807, 2.05) is 70.2 Å². The summed E-state index contributed by atoms with van der Waals surface area (Å²) in [4.78, 5) is 0. The van der Waals surface area contributed by atoms with Gasteiger partial charge in [-0.3, -0.25) is 0 Å². The molecule has 0 N–H and O–H groups in total. The van der Waals surface area contributed by atoms with Crippen LogP contribution < -0.4 is 4.74 Å². The summed E-state index contributed by atoms with van der Waals surface area (Å²) in [6, 6.07) is 16.2. The van der Waals surface area contributed by atoms with Crippen LogP contribution in [0, 0.1) is 3.57 Å². The summed E-state index contributed by atoms with van der Waals surface area (Å²) < 4.78 is 7.84. The molecule has 0 fully saturated rings. The van der Waals surface area contributed by atoms with E-state index in [4.69, 9.17) is 4.74 Å². The topological polar surface area (TPSA) is 9.23 Å². The van der Waals surface area contributed by atoms with Crippen LogP contribution in [0.5, 0.6) is 5.75 Å². The molecule has 2 aromatic carbocycles. The van der Waals surface area contributed by atoms with Crippen LogP contribution in [0.4, 0.5) is 0 Å². The van der Waals surface area contributed by atoms with Gasteiger partial charge in [0.05, 0.1) is 8.04 Å². The molecule has 2 rings (SSSR count). The van der Waals surface area contributed by atoms with E-state index in [1.54, 1.807) is 0 Å². The fourth-order valence-corrected chi connectivity index (χ4v) is 3.01. The fraction of sp³-hybridized carbons (Fsp3) is 0.263. The van der Waals surface area contributed by atoms with Crippen molar-refractivity contribution in [2.45, 2.75) is 27.7 Å². The normalized spacial score (nSPS) is 9.36. The van der Waals surface area contributed by atoms with Gasteiger partial charge in [-0.25, -0.2) is 0 Å². The minimum absolute atomic E-state index is 0.563. The van der Waals surface area contributed by atoms with Crippen molar-refractivity contribution in [1.82, 2.24) is 0 Å². The van der Waals surface area contributed by atoms with E-state index in [-0.39, 0.29) is 0 Å². The maximum atomic E-state index is 5.75. The third-order valence-electron chi connectivity index (χ3n) is 2.35. The molecule has 0 atom stereocenters. The molecule has 0 spiro atoms. The van der Waals surface area contributed by atoms with Gasteiger partial charge in [-0.05, 0) is 62.3 Å². The van der Waals surface area contributed by atoms with Crippen LogP contribution in [0.3, 0.4) is 0 Å². The lowest BCUT2D eigenvalue weighted by Gasteiger charge is -2.07. The molecule has 0 aromatic heterocycles. The lowest BCUT2D eigenvalue weighted by atomic mass is 10.2. The summed E-state index contributed by atoms with van der Waals surface area (Å²) in [5, 5.41) is 0. The molecule has 0 heterocycles. The van der Waals surface area contributed by atoms with Crippen LogP contribution in [0.15, 0.2) is 59.1 Å². The SMILES string of the molecule is Brc1cccc(I)c1OC/C=C/c1ccccc1.CC.CC. The third kappa shape index (κ3) is 7.99. The predicted molar refractivity (Wildman–Crippen MR) is 111 cm³/mol. The summed E-state index contributed by atoms with van der Waals surface area (Å²) >= 11 is 5.76. The number of benzene rings is 2. The Hall–Kier alpha value is -0.810. The van der Waals surface area contributed by atoms with Crippen molar-refractivity contribution >= 4 is 44.6 Å². The molecule has 2 aromatic rings. The van der Waals surface area contributed by atoms with Crippen molar-refractivity contribution in [2.75, 3.05) is 6.61 Å². The van der Waals surface area contributed by atoms with Crippen molar-refractivity contribution < 1.29 is 4.74 Å². The minimum atomic E-state index is 0.563. The van der Waals surface area contributed by atoms with Gasteiger partial charge in [-0.1, -0.05) is 70.2 Å². The van der Waals surface area contributed by atoms with Gasteiger partial charge in [0.25, 0.3) is 0 Å². The quantitative estimate of drug-likeness (QED) is 0.425. The molecule has 0 unspecified atom stereocenters. The second-order valence-electron chi connectivity index (χ2n) is 3.67. The number of hydrogen-bond donors (Lipinski definition) is 0. The van der Waals surface area contributed by atoms with E-state index in [1.165, 1.54) is 5.56 Å². The molecule has 22 heavy (non-hydrogen) atoms. The van der Waals surface area contributed by atoms with Gasteiger partial charge in [0, 0.05) is 0 Å². The first-order valence-electron chi connectivity index (χ1n) is 7.56. The maximum absolute atomic E-state index is 5.75. The van der Waals surface area contributed by atoms with E-state index in [9.17, 15) is 0 Å². The van der Waals surface area contributed by atoms with E-state index >= 15 is 0 Å². The van der Waals surface area contributed by atoms with Gasteiger partial charge in [0.15, 0.2) is 0 Å². The van der Waals surface area contributed by atoms with Crippen LogP contribution in [0.25, 0.3) is 6.08 Å². The van der Waals surface area contributed by atoms with E-state index < -0.39 is 0 Å². The lowest BCUT2D eigenvalue weighted by Crippen LogP contribution is -1.96. The average molecular weight is 475 g/mol. The van der Waals surface area contributed by atoms with Crippen LogP contribution in [0.2, 0.25) is 0 Å². The third-order valence-corrected chi connectivity index (χ3v) is 3.83. The summed E-state index contributed by atoms with van der Waals surface area (Å²) in [5.41, 5.74) is 1.18. The molecule has 0 radical (unpaired) electrons. The second kappa shape index (κ2) is 13.8. The standard InChI is InChI=1S/C15H12BrIO.2C2H6/c16-13-9-4-10-14(17)15(13)18-11-5-8-12-6-2-1-3-7-12;2*1-2/h1-10H,11H2;2*1-2H3/b8-5+;;. The largest absolute Gasteiger partial charge is 0.487 e. The molecule has 0 aliphatic carbocycles. The molecule has 120 valence electrons. The lowest BCUT2D eigenvalue weighted by molar-refractivity contribution is 0.358. The van der Waals surface area contributed by atoms with E-state index in [0.29, 0.717) is 6.61 Å². The number of halogens is 2.